The van der Waals surface area contributed by atoms with E-state index >= 15 is 0 Å². The normalized spacial score (nSPS) is 14.5. The second-order valence-electron chi connectivity index (χ2n) is 15.5. The Labute approximate surface area is 327 Å². The van der Waals surface area contributed by atoms with Crippen LogP contribution in [0.1, 0.15) is 22.7 Å². The first-order valence-electron chi connectivity index (χ1n) is 19.6. The number of hydrogen-bond acceptors (Lipinski definition) is 3. The average Bonchev–Trinajstić information content (AvgIpc) is 4.00. The van der Waals surface area contributed by atoms with Crippen LogP contribution in [0.5, 0.6) is 0 Å². The van der Waals surface area contributed by atoms with Crippen LogP contribution in [-0.4, -0.2) is 35.4 Å². The molecule has 0 bridgehead atoms. The summed E-state index contributed by atoms with van der Waals surface area (Å²) in [6.45, 7) is 0.0159. The standard InChI is InChI=1S/C50H29BN6/c1-3-13-29(14-4-1)41-32-17-7-8-18-33(32)42-34-19-11-21-36-46(34)56(48(41)42)39-27-30(38-23-9-10-24-52-38)28-40-44(39)51(36)37-22-12-20-35-43-45-49(54-26-25-53-45)55(31-15-5-2-6-16-31)50(43)57(40)47(35)37/h1-28,41H. The Bertz CT molecular complexity index is 3530. The molecule has 3 aliphatic rings. The third-order valence-electron chi connectivity index (χ3n) is 12.8. The van der Waals surface area contributed by atoms with E-state index in [1.807, 2.05) is 18.5 Å². The summed E-state index contributed by atoms with van der Waals surface area (Å²) in [7, 11) is 0. The smallest absolute Gasteiger partial charge is 0.252 e. The first-order chi connectivity index (χ1) is 28.3. The van der Waals surface area contributed by atoms with Crippen LogP contribution >= 0.6 is 0 Å². The summed E-state index contributed by atoms with van der Waals surface area (Å²) in [6.07, 6.45) is 5.53. The molecular weight excluding hydrogens is 695 g/mol. The van der Waals surface area contributed by atoms with Crippen molar-refractivity contribution >= 4 is 67.1 Å². The minimum Gasteiger partial charge on any atom is -0.313 e. The number of fused-ring (bicyclic) bond motifs is 14. The van der Waals surface area contributed by atoms with E-state index in [4.69, 9.17) is 15.0 Å². The molecule has 0 fully saturated rings. The van der Waals surface area contributed by atoms with Gasteiger partial charge in [0.15, 0.2) is 5.65 Å². The third-order valence-corrected chi connectivity index (χ3v) is 12.8. The van der Waals surface area contributed by atoms with E-state index < -0.39 is 0 Å². The van der Waals surface area contributed by atoms with E-state index in [-0.39, 0.29) is 12.6 Å². The lowest BCUT2D eigenvalue weighted by Crippen LogP contribution is -2.59. The van der Waals surface area contributed by atoms with Gasteiger partial charge in [-0.15, -0.1) is 0 Å². The molecule has 6 aromatic carbocycles. The quantitative estimate of drug-likeness (QED) is 0.171. The Morgan fingerprint density at radius 2 is 1.25 bits per heavy atom. The highest BCUT2D eigenvalue weighted by molar-refractivity contribution is 7.00. The fourth-order valence-corrected chi connectivity index (χ4v) is 10.8. The summed E-state index contributed by atoms with van der Waals surface area (Å²) < 4.78 is 7.48. The van der Waals surface area contributed by atoms with Crippen LogP contribution in [0.25, 0.3) is 83.4 Å². The number of aromatic nitrogens is 6. The maximum atomic E-state index is 5.03. The molecule has 14 rings (SSSR count). The van der Waals surface area contributed by atoms with Gasteiger partial charge in [-0.2, -0.15) is 0 Å². The van der Waals surface area contributed by atoms with Gasteiger partial charge < -0.3 is 4.57 Å². The average molecular weight is 725 g/mol. The summed E-state index contributed by atoms with van der Waals surface area (Å²) in [5.41, 5.74) is 21.4. The van der Waals surface area contributed by atoms with Crippen molar-refractivity contribution in [3.05, 3.63) is 187 Å². The molecule has 7 heterocycles. The highest BCUT2D eigenvalue weighted by Gasteiger charge is 2.45. The van der Waals surface area contributed by atoms with Gasteiger partial charge in [-0.1, -0.05) is 115 Å². The molecule has 262 valence electrons. The second-order valence-corrected chi connectivity index (χ2v) is 15.5. The molecule has 5 aromatic heterocycles. The fourth-order valence-electron chi connectivity index (χ4n) is 10.8. The molecule has 0 amide bonds. The molecule has 1 aliphatic carbocycles. The van der Waals surface area contributed by atoms with Gasteiger partial charge in [0.25, 0.3) is 6.71 Å². The first-order valence-corrected chi connectivity index (χ1v) is 19.6. The zero-order chi connectivity index (χ0) is 36.9. The van der Waals surface area contributed by atoms with Crippen molar-refractivity contribution in [1.29, 1.82) is 0 Å². The van der Waals surface area contributed by atoms with Crippen molar-refractivity contribution in [3.63, 3.8) is 0 Å². The number of nitrogens with zero attached hydrogens (tertiary/aromatic N) is 6. The van der Waals surface area contributed by atoms with Crippen molar-refractivity contribution in [1.82, 2.24) is 28.7 Å². The van der Waals surface area contributed by atoms with E-state index in [0.29, 0.717) is 0 Å². The lowest BCUT2D eigenvalue weighted by molar-refractivity contribution is 0.904. The highest BCUT2D eigenvalue weighted by atomic mass is 15.2. The Morgan fingerprint density at radius 3 is 2.05 bits per heavy atom. The van der Waals surface area contributed by atoms with E-state index in [1.54, 1.807) is 6.20 Å². The SMILES string of the molecule is c1ccc(C2c3ccccc3-c3c2n2c4c(cccc34)B3c4c-2cc(-c2ccccn2)cc4-n2c4c3cccc4c3c4nccnc4n(-c4ccccc4)c32)cc1. The van der Waals surface area contributed by atoms with Gasteiger partial charge in [0, 0.05) is 68.8 Å². The number of para-hydroxylation sites is 3. The Balaban J connectivity index is 1.20. The zero-order valence-electron chi connectivity index (χ0n) is 30.5. The summed E-state index contributed by atoms with van der Waals surface area (Å²) in [5.74, 6) is 0.0713. The minimum atomic E-state index is 0.0159. The van der Waals surface area contributed by atoms with Crippen LogP contribution in [0.4, 0.5) is 0 Å². The van der Waals surface area contributed by atoms with E-state index in [9.17, 15) is 0 Å². The molecule has 57 heavy (non-hydrogen) atoms. The monoisotopic (exact) mass is 724 g/mol. The summed E-state index contributed by atoms with van der Waals surface area (Å²) in [4.78, 5) is 15.0. The number of rotatable bonds is 3. The summed E-state index contributed by atoms with van der Waals surface area (Å²) in [6, 6.07) is 55.6. The maximum absolute atomic E-state index is 5.03. The molecule has 0 saturated carbocycles. The van der Waals surface area contributed by atoms with Crippen LogP contribution in [0, 0.1) is 0 Å². The van der Waals surface area contributed by atoms with Gasteiger partial charge in [-0.25, -0.2) is 4.98 Å². The van der Waals surface area contributed by atoms with Crippen LogP contribution in [0.15, 0.2) is 170 Å². The molecule has 7 heteroatoms. The van der Waals surface area contributed by atoms with E-state index in [1.165, 1.54) is 71.8 Å². The van der Waals surface area contributed by atoms with Gasteiger partial charge in [0.05, 0.1) is 22.5 Å². The zero-order valence-corrected chi connectivity index (χ0v) is 30.5. The molecule has 0 N–H and O–H groups in total. The Morgan fingerprint density at radius 1 is 0.544 bits per heavy atom. The largest absolute Gasteiger partial charge is 0.313 e. The topological polar surface area (TPSA) is 53.5 Å². The van der Waals surface area contributed by atoms with Gasteiger partial charge in [-0.3, -0.25) is 19.1 Å². The molecular formula is C50H29BN6. The first kappa shape index (κ1) is 29.8. The molecule has 0 spiro atoms. The van der Waals surface area contributed by atoms with Crippen LogP contribution in [0.3, 0.4) is 0 Å². The van der Waals surface area contributed by atoms with Crippen molar-refractivity contribution in [2.75, 3.05) is 0 Å². The summed E-state index contributed by atoms with van der Waals surface area (Å²) >= 11 is 0. The van der Waals surface area contributed by atoms with Crippen molar-refractivity contribution < 1.29 is 0 Å². The van der Waals surface area contributed by atoms with Crippen LogP contribution in [0.2, 0.25) is 0 Å². The maximum Gasteiger partial charge on any atom is 0.252 e. The molecule has 6 nitrogen and oxygen atoms in total. The number of pyridine rings is 1. The summed E-state index contributed by atoms with van der Waals surface area (Å²) in [5, 5.41) is 3.61. The highest BCUT2D eigenvalue weighted by Crippen LogP contribution is 2.54. The van der Waals surface area contributed by atoms with Gasteiger partial charge in [0.2, 0.25) is 0 Å². The number of benzene rings is 6. The van der Waals surface area contributed by atoms with Gasteiger partial charge in [0.1, 0.15) is 11.2 Å². The van der Waals surface area contributed by atoms with Crippen molar-refractivity contribution in [3.8, 4) is 39.4 Å². The van der Waals surface area contributed by atoms with E-state index in [0.717, 1.165) is 44.8 Å². The lowest BCUT2D eigenvalue weighted by Gasteiger charge is -2.35. The predicted octanol–water partition coefficient (Wildman–Crippen LogP) is 8.83. The lowest BCUT2D eigenvalue weighted by atomic mass is 9.34. The van der Waals surface area contributed by atoms with Crippen LogP contribution < -0.4 is 16.4 Å². The third kappa shape index (κ3) is 3.61. The Hall–Kier alpha value is -7.51. The fraction of sp³-hybridized carbons (Fsp3) is 0.0200. The predicted molar refractivity (Wildman–Crippen MR) is 231 cm³/mol. The van der Waals surface area contributed by atoms with Gasteiger partial charge in [-0.05, 0) is 69.5 Å². The van der Waals surface area contributed by atoms with Crippen molar-refractivity contribution in [2.45, 2.75) is 5.92 Å². The van der Waals surface area contributed by atoms with Crippen molar-refractivity contribution in [2.24, 2.45) is 0 Å². The molecule has 0 saturated heterocycles. The molecule has 1 atom stereocenters. The minimum absolute atomic E-state index is 0.0159. The molecule has 11 aromatic rings. The van der Waals surface area contributed by atoms with Crippen LogP contribution in [-0.2, 0) is 0 Å². The molecule has 2 aliphatic heterocycles. The molecule has 1 unspecified atom stereocenters. The van der Waals surface area contributed by atoms with E-state index in [2.05, 4.69) is 159 Å². The van der Waals surface area contributed by atoms with Gasteiger partial charge >= 0.3 is 0 Å². The second kappa shape index (κ2) is 10.6. The Kier molecular flexibility index (Phi) is 5.55. The molecule has 0 radical (unpaired) electrons. The number of hydrogen-bond donors (Lipinski definition) is 0.